The van der Waals surface area contributed by atoms with Gasteiger partial charge in [-0.05, 0) is 18.1 Å². The molecule has 1 atom stereocenters. The summed E-state index contributed by atoms with van der Waals surface area (Å²) in [7, 11) is 0. The first-order valence-electron chi connectivity index (χ1n) is 5.62. The third kappa shape index (κ3) is 2.79. The Morgan fingerprint density at radius 3 is 2.76 bits per heavy atom. The molecule has 0 saturated heterocycles. The molecule has 17 heavy (non-hydrogen) atoms. The molecule has 0 aliphatic carbocycles. The summed E-state index contributed by atoms with van der Waals surface area (Å²) in [6, 6.07) is 9.86. The van der Waals surface area contributed by atoms with E-state index < -0.39 is 6.10 Å². The molecule has 0 fully saturated rings. The highest BCUT2D eigenvalue weighted by molar-refractivity contribution is 5.81. The number of aliphatic hydroxyl groups excluding tert-OH is 1. The van der Waals surface area contributed by atoms with E-state index in [9.17, 15) is 5.11 Å². The molecule has 4 heteroatoms. The summed E-state index contributed by atoms with van der Waals surface area (Å²) < 4.78 is 0. The van der Waals surface area contributed by atoms with Gasteiger partial charge in [0.05, 0.1) is 12.3 Å². The first-order chi connectivity index (χ1) is 8.31. The molecule has 2 aromatic rings. The van der Waals surface area contributed by atoms with Crippen LogP contribution in [-0.2, 0) is 0 Å². The van der Waals surface area contributed by atoms with Crippen molar-refractivity contribution < 1.29 is 5.11 Å². The summed E-state index contributed by atoms with van der Waals surface area (Å²) in [5, 5.41) is 20.4. The lowest BCUT2D eigenvalue weighted by atomic mass is 10.0. The first-order valence-corrected chi connectivity index (χ1v) is 5.62. The SMILES string of the molecule is CCC(O)C(=Cc1ccccc1)c1cn[nH]n1. The molecule has 0 spiro atoms. The van der Waals surface area contributed by atoms with E-state index in [0.29, 0.717) is 12.1 Å². The van der Waals surface area contributed by atoms with Gasteiger partial charge in [0.2, 0.25) is 0 Å². The topological polar surface area (TPSA) is 61.8 Å². The molecule has 4 nitrogen and oxygen atoms in total. The Kier molecular flexibility index (Phi) is 3.67. The number of hydrogen-bond donors (Lipinski definition) is 2. The Morgan fingerprint density at radius 2 is 2.18 bits per heavy atom. The average molecular weight is 229 g/mol. The van der Waals surface area contributed by atoms with Crippen molar-refractivity contribution >= 4 is 11.6 Å². The van der Waals surface area contributed by atoms with Crippen LogP contribution in [-0.4, -0.2) is 26.6 Å². The molecule has 1 heterocycles. The smallest absolute Gasteiger partial charge is 0.111 e. The number of aromatic nitrogens is 3. The van der Waals surface area contributed by atoms with Gasteiger partial charge in [-0.2, -0.15) is 15.4 Å². The summed E-state index contributed by atoms with van der Waals surface area (Å²) in [5.41, 5.74) is 2.51. The molecule has 0 amide bonds. The van der Waals surface area contributed by atoms with Crippen LogP contribution in [0, 0.1) is 0 Å². The van der Waals surface area contributed by atoms with E-state index in [2.05, 4.69) is 15.4 Å². The monoisotopic (exact) mass is 229 g/mol. The van der Waals surface area contributed by atoms with Gasteiger partial charge in [0.25, 0.3) is 0 Å². The minimum atomic E-state index is -0.527. The molecule has 2 N–H and O–H groups in total. The lowest BCUT2D eigenvalue weighted by Crippen LogP contribution is -2.08. The maximum absolute atomic E-state index is 10.0. The fraction of sp³-hybridized carbons (Fsp3) is 0.231. The van der Waals surface area contributed by atoms with E-state index in [0.717, 1.165) is 11.1 Å². The molecule has 1 unspecified atom stereocenters. The largest absolute Gasteiger partial charge is 0.388 e. The fourth-order valence-electron chi connectivity index (χ4n) is 1.63. The first kappa shape index (κ1) is 11.5. The highest BCUT2D eigenvalue weighted by Gasteiger charge is 2.13. The number of hydrogen-bond acceptors (Lipinski definition) is 3. The van der Waals surface area contributed by atoms with Gasteiger partial charge in [-0.15, -0.1) is 0 Å². The average Bonchev–Trinajstić information content (AvgIpc) is 2.90. The number of H-pyrrole nitrogens is 1. The quantitative estimate of drug-likeness (QED) is 0.844. The molecule has 2 rings (SSSR count). The van der Waals surface area contributed by atoms with Gasteiger partial charge >= 0.3 is 0 Å². The standard InChI is InChI=1S/C13H15N3O/c1-2-13(17)11(12-9-14-16-15-12)8-10-6-4-3-5-7-10/h3-9,13,17H,2H2,1H3,(H,14,15,16). The van der Waals surface area contributed by atoms with Gasteiger partial charge in [0, 0.05) is 5.57 Å². The van der Waals surface area contributed by atoms with Gasteiger partial charge in [-0.1, -0.05) is 37.3 Å². The Balaban J connectivity index is 2.38. The molecule has 0 saturated carbocycles. The van der Waals surface area contributed by atoms with Crippen LogP contribution in [0.3, 0.4) is 0 Å². The second-order valence-corrected chi connectivity index (χ2v) is 3.79. The minimum absolute atomic E-state index is 0.527. The Hall–Kier alpha value is -1.94. The fourth-order valence-corrected chi connectivity index (χ4v) is 1.63. The minimum Gasteiger partial charge on any atom is -0.388 e. The van der Waals surface area contributed by atoms with E-state index in [1.807, 2.05) is 43.3 Å². The number of benzene rings is 1. The third-order valence-corrected chi connectivity index (χ3v) is 2.58. The second kappa shape index (κ2) is 5.41. The number of rotatable bonds is 4. The van der Waals surface area contributed by atoms with Crippen LogP contribution < -0.4 is 0 Å². The molecule has 0 aliphatic rings. The molecular weight excluding hydrogens is 214 g/mol. The van der Waals surface area contributed by atoms with Crippen molar-refractivity contribution in [1.29, 1.82) is 0 Å². The zero-order valence-corrected chi connectivity index (χ0v) is 9.67. The van der Waals surface area contributed by atoms with Crippen LogP contribution >= 0.6 is 0 Å². The highest BCUT2D eigenvalue weighted by Crippen LogP contribution is 2.21. The van der Waals surface area contributed by atoms with E-state index in [1.54, 1.807) is 6.20 Å². The van der Waals surface area contributed by atoms with Crippen molar-refractivity contribution in [3.63, 3.8) is 0 Å². The Morgan fingerprint density at radius 1 is 1.41 bits per heavy atom. The predicted molar refractivity (Wildman–Crippen MR) is 67.0 cm³/mol. The van der Waals surface area contributed by atoms with Crippen molar-refractivity contribution in [2.24, 2.45) is 0 Å². The molecule has 1 aromatic heterocycles. The zero-order chi connectivity index (χ0) is 12.1. The summed E-state index contributed by atoms with van der Waals surface area (Å²) in [4.78, 5) is 0. The van der Waals surface area contributed by atoms with Crippen LogP contribution in [0.1, 0.15) is 24.6 Å². The van der Waals surface area contributed by atoms with Gasteiger partial charge in [-0.3, -0.25) is 0 Å². The third-order valence-electron chi connectivity index (χ3n) is 2.58. The van der Waals surface area contributed by atoms with Gasteiger partial charge < -0.3 is 5.11 Å². The number of nitrogens with one attached hydrogen (secondary N) is 1. The summed E-state index contributed by atoms with van der Waals surface area (Å²) in [6.07, 6.45) is 3.67. The van der Waals surface area contributed by atoms with Crippen molar-refractivity contribution in [3.05, 3.63) is 47.8 Å². The van der Waals surface area contributed by atoms with Gasteiger partial charge in [0.1, 0.15) is 5.69 Å². The van der Waals surface area contributed by atoms with Crippen LogP contribution in [0.2, 0.25) is 0 Å². The van der Waals surface area contributed by atoms with Crippen LogP contribution in [0.25, 0.3) is 11.6 Å². The molecule has 88 valence electrons. The van der Waals surface area contributed by atoms with E-state index in [-0.39, 0.29) is 0 Å². The summed E-state index contributed by atoms with van der Waals surface area (Å²) >= 11 is 0. The van der Waals surface area contributed by atoms with Crippen molar-refractivity contribution in [2.45, 2.75) is 19.4 Å². The molecule has 0 aliphatic heterocycles. The Labute approximate surface area is 100 Å². The summed E-state index contributed by atoms with van der Waals surface area (Å²) in [6.45, 7) is 1.93. The van der Waals surface area contributed by atoms with Crippen molar-refractivity contribution in [2.75, 3.05) is 0 Å². The van der Waals surface area contributed by atoms with Crippen LogP contribution in [0.4, 0.5) is 0 Å². The van der Waals surface area contributed by atoms with Crippen molar-refractivity contribution in [3.8, 4) is 0 Å². The lowest BCUT2D eigenvalue weighted by molar-refractivity contribution is 0.228. The van der Waals surface area contributed by atoms with E-state index >= 15 is 0 Å². The molecule has 1 aromatic carbocycles. The number of aromatic amines is 1. The number of nitrogens with zero attached hydrogens (tertiary/aromatic N) is 2. The number of aliphatic hydroxyl groups is 1. The normalized spacial score (nSPS) is 13.6. The van der Waals surface area contributed by atoms with Gasteiger partial charge in [-0.25, -0.2) is 0 Å². The molecule has 0 bridgehead atoms. The second-order valence-electron chi connectivity index (χ2n) is 3.79. The van der Waals surface area contributed by atoms with Crippen LogP contribution in [0.5, 0.6) is 0 Å². The predicted octanol–water partition coefficient (Wildman–Crippen LogP) is 2.12. The lowest BCUT2D eigenvalue weighted by Gasteiger charge is -2.10. The van der Waals surface area contributed by atoms with Crippen LogP contribution in [0.15, 0.2) is 36.5 Å². The zero-order valence-electron chi connectivity index (χ0n) is 9.67. The highest BCUT2D eigenvalue weighted by atomic mass is 16.3. The molecule has 0 radical (unpaired) electrons. The van der Waals surface area contributed by atoms with E-state index in [1.165, 1.54) is 0 Å². The van der Waals surface area contributed by atoms with Crippen molar-refractivity contribution in [1.82, 2.24) is 15.4 Å². The summed E-state index contributed by atoms with van der Waals surface area (Å²) in [5.74, 6) is 0. The maximum Gasteiger partial charge on any atom is 0.111 e. The van der Waals surface area contributed by atoms with E-state index in [4.69, 9.17) is 0 Å². The maximum atomic E-state index is 10.0. The Bertz CT molecular complexity index is 477. The molecular formula is C13H15N3O. The van der Waals surface area contributed by atoms with Gasteiger partial charge in [0.15, 0.2) is 0 Å².